The molecule has 0 aliphatic carbocycles. The first-order valence-corrected chi connectivity index (χ1v) is 12.8. The lowest BCUT2D eigenvalue weighted by Crippen LogP contribution is -2.38. The molecule has 0 saturated carbocycles. The number of hydrogen-bond acceptors (Lipinski definition) is 5. The van der Waals surface area contributed by atoms with Gasteiger partial charge in [0.2, 0.25) is 0 Å². The molecule has 0 spiro atoms. The van der Waals surface area contributed by atoms with E-state index >= 15 is 0 Å². The van der Waals surface area contributed by atoms with E-state index in [9.17, 15) is 9.59 Å². The van der Waals surface area contributed by atoms with Gasteiger partial charge >= 0.3 is 5.69 Å². The van der Waals surface area contributed by atoms with Gasteiger partial charge in [0, 0.05) is 32.4 Å². The zero-order valence-electron chi connectivity index (χ0n) is 21.8. The van der Waals surface area contributed by atoms with E-state index < -0.39 is 11.2 Å². The molecule has 38 heavy (non-hydrogen) atoms. The molecule has 0 aliphatic rings. The molecule has 0 bridgehead atoms. The van der Waals surface area contributed by atoms with Crippen molar-refractivity contribution in [2.24, 2.45) is 20.0 Å². The summed E-state index contributed by atoms with van der Waals surface area (Å²) in [7, 11) is 3.24. The molecule has 0 saturated heterocycles. The van der Waals surface area contributed by atoms with Gasteiger partial charge in [0.05, 0.1) is 11.6 Å². The summed E-state index contributed by atoms with van der Waals surface area (Å²) < 4.78 is 12.1. The Morgan fingerprint density at radius 3 is 2.37 bits per heavy atom. The maximum absolute atomic E-state index is 13.5. The molecule has 0 N–H and O–H groups in total. The van der Waals surface area contributed by atoms with Crippen molar-refractivity contribution in [2.75, 3.05) is 0 Å². The zero-order chi connectivity index (χ0) is 27.0. The van der Waals surface area contributed by atoms with Crippen molar-refractivity contribution in [1.82, 2.24) is 28.7 Å². The smallest absolute Gasteiger partial charge is 0.332 e. The van der Waals surface area contributed by atoms with Gasteiger partial charge in [-0.3, -0.25) is 23.3 Å². The molecule has 3 aromatic heterocycles. The van der Waals surface area contributed by atoms with Crippen LogP contribution in [0.4, 0.5) is 0 Å². The minimum absolute atomic E-state index is 0.160. The highest BCUT2D eigenvalue weighted by molar-refractivity contribution is 6.33. The van der Waals surface area contributed by atoms with Crippen molar-refractivity contribution in [3.05, 3.63) is 97.8 Å². The molecule has 10 heteroatoms. The molecular formula is C28H29ClN6O3. The second-order valence-electron chi connectivity index (χ2n) is 9.74. The Hall–Kier alpha value is -4.11. The van der Waals surface area contributed by atoms with Gasteiger partial charge in [-0.15, -0.1) is 0 Å². The van der Waals surface area contributed by atoms with E-state index in [0.717, 1.165) is 15.7 Å². The molecule has 196 valence electrons. The van der Waals surface area contributed by atoms with Crippen molar-refractivity contribution in [3.63, 3.8) is 0 Å². The van der Waals surface area contributed by atoms with Gasteiger partial charge in [-0.2, -0.15) is 10.2 Å². The average Bonchev–Trinajstić information content (AvgIpc) is 3.43. The minimum atomic E-state index is -0.443. The van der Waals surface area contributed by atoms with Crippen LogP contribution in [0.5, 0.6) is 5.75 Å². The van der Waals surface area contributed by atoms with Gasteiger partial charge in [0.15, 0.2) is 5.65 Å². The van der Waals surface area contributed by atoms with Gasteiger partial charge in [-0.1, -0.05) is 74.0 Å². The summed E-state index contributed by atoms with van der Waals surface area (Å²) in [5, 5.41) is 10.0. The lowest BCUT2D eigenvalue weighted by Gasteiger charge is -2.13. The maximum Gasteiger partial charge on any atom is 0.332 e. The standard InChI is InChI=1S/C28H29ClN6O3/c1-18(2)14-34-26-23(27(36)33(4)28(34)37)25(24-21(29)16-32(3)30-24)35(31-26)15-20-12-8-9-13-22(20)38-17-19-10-6-5-7-11-19/h5-13,16,18H,14-15,17H2,1-4H3. The van der Waals surface area contributed by atoms with Crippen molar-refractivity contribution in [3.8, 4) is 17.1 Å². The SMILES string of the molecule is CC(C)Cn1c(=O)n(C)c(=O)c2c(-c3nn(C)cc3Cl)n(Cc3ccccc3OCc3ccccc3)nc21. The number of hydrogen-bond donors (Lipinski definition) is 0. The molecule has 0 amide bonds. The molecule has 0 unspecified atom stereocenters. The van der Waals surface area contributed by atoms with E-state index in [0.29, 0.717) is 46.3 Å². The Bertz CT molecular complexity index is 1730. The van der Waals surface area contributed by atoms with E-state index in [-0.39, 0.29) is 12.5 Å². The second kappa shape index (κ2) is 10.3. The molecular weight excluding hydrogens is 504 g/mol. The van der Waals surface area contributed by atoms with Gasteiger partial charge in [0.1, 0.15) is 29.1 Å². The van der Waals surface area contributed by atoms with Crippen LogP contribution < -0.4 is 16.0 Å². The van der Waals surface area contributed by atoms with E-state index in [4.69, 9.17) is 21.4 Å². The molecule has 0 fully saturated rings. The minimum Gasteiger partial charge on any atom is -0.489 e. The monoisotopic (exact) mass is 532 g/mol. The highest BCUT2D eigenvalue weighted by Gasteiger charge is 2.26. The number of halogens is 1. The van der Waals surface area contributed by atoms with Crippen LogP contribution in [-0.4, -0.2) is 28.7 Å². The van der Waals surface area contributed by atoms with Crippen LogP contribution in [0, 0.1) is 5.92 Å². The summed E-state index contributed by atoms with van der Waals surface area (Å²) >= 11 is 6.58. The Morgan fingerprint density at radius 2 is 1.68 bits per heavy atom. The summed E-state index contributed by atoms with van der Waals surface area (Å²) in [6.45, 7) is 5.12. The molecule has 0 aliphatic heterocycles. The third-order valence-electron chi connectivity index (χ3n) is 6.31. The number of para-hydroxylation sites is 1. The summed E-state index contributed by atoms with van der Waals surface area (Å²) in [5.74, 6) is 0.856. The highest BCUT2D eigenvalue weighted by atomic mass is 35.5. The fraction of sp³-hybridized carbons (Fsp3) is 0.286. The van der Waals surface area contributed by atoms with E-state index in [1.54, 1.807) is 27.2 Å². The van der Waals surface area contributed by atoms with E-state index in [1.165, 1.54) is 7.05 Å². The third kappa shape index (κ3) is 4.77. The highest BCUT2D eigenvalue weighted by Crippen LogP contribution is 2.32. The summed E-state index contributed by atoms with van der Waals surface area (Å²) in [4.78, 5) is 26.6. The maximum atomic E-state index is 13.5. The first kappa shape index (κ1) is 25.5. The topological polar surface area (TPSA) is 88.9 Å². The van der Waals surface area contributed by atoms with Crippen LogP contribution in [-0.2, 0) is 33.8 Å². The zero-order valence-corrected chi connectivity index (χ0v) is 22.5. The number of aryl methyl sites for hydroxylation is 1. The first-order chi connectivity index (χ1) is 18.2. The molecule has 5 rings (SSSR count). The molecule has 2 aromatic carbocycles. The van der Waals surface area contributed by atoms with Gasteiger partial charge in [-0.25, -0.2) is 4.79 Å². The second-order valence-corrected chi connectivity index (χ2v) is 10.1. The molecule has 5 aromatic rings. The molecule has 0 radical (unpaired) electrons. The third-order valence-corrected chi connectivity index (χ3v) is 6.59. The number of benzene rings is 2. The Labute approximate surface area is 224 Å². The Morgan fingerprint density at radius 1 is 0.974 bits per heavy atom. The van der Waals surface area contributed by atoms with Crippen molar-refractivity contribution >= 4 is 22.6 Å². The van der Waals surface area contributed by atoms with Crippen molar-refractivity contribution in [1.29, 1.82) is 0 Å². The number of aromatic nitrogens is 6. The van der Waals surface area contributed by atoms with Crippen LogP contribution in [0.25, 0.3) is 22.4 Å². The molecule has 0 atom stereocenters. The molecule has 3 heterocycles. The van der Waals surface area contributed by atoms with Crippen LogP contribution >= 0.6 is 11.6 Å². The van der Waals surface area contributed by atoms with E-state index in [2.05, 4.69) is 5.10 Å². The summed E-state index contributed by atoms with van der Waals surface area (Å²) in [6, 6.07) is 17.6. The predicted octanol–water partition coefficient (Wildman–Crippen LogP) is 4.23. The number of fused-ring (bicyclic) bond motifs is 1. The van der Waals surface area contributed by atoms with Crippen LogP contribution in [0.15, 0.2) is 70.4 Å². The fourth-order valence-electron chi connectivity index (χ4n) is 4.54. The van der Waals surface area contributed by atoms with E-state index in [1.807, 2.05) is 68.4 Å². The number of rotatable bonds is 8. The lowest BCUT2D eigenvalue weighted by atomic mass is 10.1. The Kier molecular flexibility index (Phi) is 6.94. The van der Waals surface area contributed by atoms with Gasteiger partial charge in [-0.05, 0) is 17.5 Å². The average molecular weight is 533 g/mol. The first-order valence-electron chi connectivity index (χ1n) is 12.4. The lowest BCUT2D eigenvalue weighted by molar-refractivity contribution is 0.302. The fourth-order valence-corrected chi connectivity index (χ4v) is 4.81. The van der Waals surface area contributed by atoms with Gasteiger partial charge in [0.25, 0.3) is 5.56 Å². The predicted molar refractivity (Wildman–Crippen MR) is 148 cm³/mol. The van der Waals surface area contributed by atoms with Crippen LogP contribution in [0.1, 0.15) is 25.0 Å². The summed E-state index contributed by atoms with van der Waals surface area (Å²) in [6.07, 6.45) is 1.67. The largest absolute Gasteiger partial charge is 0.489 e. The number of ether oxygens (including phenoxy) is 1. The van der Waals surface area contributed by atoms with Crippen LogP contribution in [0.2, 0.25) is 5.02 Å². The van der Waals surface area contributed by atoms with Crippen molar-refractivity contribution < 1.29 is 4.74 Å². The Balaban J connectivity index is 1.69. The quantitative estimate of drug-likeness (QED) is 0.298. The number of nitrogens with zero attached hydrogens (tertiary/aromatic N) is 6. The molecule has 9 nitrogen and oxygen atoms in total. The summed E-state index contributed by atoms with van der Waals surface area (Å²) in [5.41, 5.74) is 2.25. The van der Waals surface area contributed by atoms with Gasteiger partial charge < -0.3 is 4.74 Å². The van der Waals surface area contributed by atoms with Crippen LogP contribution in [0.3, 0.4) is 0 Å². The normalized spacial score (nSPS) is 11.5. The van der Waals surface area contributed by atoms with Crippen molar-refractivity contribution in [2.45, 2.75) is 33.5 Å².